The second-order valence-corrected chi connectivity index (χ2v) is 5.98. The van der Waals surface area contributed by atoms with Crippen LogP contribution in [-0.4, -0.2) is 54.4 Å². The van der Waals surface area contributed by atoms with Crippen molar-refractivity contribution < 1.29 is 13.9 Å². The minimum absolute atomic E-state index is 0.0833. The molecule has 3 rings (SSSR count). The fourth-order valence-electron chi connectivity index (χ4n) is 2.92. The van der Waals surface area contributed by atoms with E-state index in [2.05, 4.69) is 15.3 Å². The molecule has 1 unspecified atom stereocenters. The van der Waals surface area contributed by atoms with Gasteiger partial charge in [0, 0.05) is 38.7 Å². The minimum Gasteiger partial charge on any atom is -0.381 e. The van der Waals surface area contributed by atoms with Crippen molar-refractivity contribution in [3.63, 3.8) is 0 Å². The monoisotopic (exact) mass is 308 g/mol. The van der Waals surface area contributed by atoms with Crippen LogP contribution in [-0.2, 0) is 9.53 Å². The molecule has 0 aliphatic carbocycles. The Labute approximate surface area is 129 Å². The number of piperidine rings is 1. The molecule has 0 saturated carbocycles. The fourth-order valence-corrected chi connectivity index (χ4v) is 2.92. The van der Waals surface area contributed by atoms with E-state index in [9.17, 15) is 9.18 Å². The Morgan fingerprint density at radius 3 is 2.95 bits per heavy atom. The average molecular weight is 308 g/mol. The fraction of sp³-hybridized carbons (Fsp3) is 0.667. The van der Waals surface area contributed by atoms with Crippen molar-refractivity contribution in [2.75, 3.05) is 37.7 Å². The van der Waals surface area contributed by atoms with Gasteiger partial charge in [-0.2, -0.15) is 0 Å². The van der Waals surface area contributed by atoms with Gasteiger partial charge in [-0.25, -0.2) is 14.4 Å². The van der Waals surface area contributed by atoms with Crippen molar-refractivity contribution in [2.45, 2.75) is 24.9 Å². The molecule has 2 aliphatic heterocycles. The van der Waals surface area contributed by atoms with Crippen molar-refractivity contribution >= 4 is 11.7 Å². The van der Waals surface area contributed by atoms with Gasteiger partial charge in [-0.05, 0) is 12.5 Å². The molecule has 6 nitrogen and oxygen atoms in total. The number of carbonyl (C=O) groups excluding carboxylic acids is 1. The number of ether oxygens (including phenoxy) is 1. The standard InChI is InChI=1S/C15H21FN4O2/c16-15(10-18-14(21)12-2-8-22-9-12)3-6-20(7-4-15)13-1-5-17-11-19-13/h1,5,11-12H,2-4,6-10H2,(H,18,21). The van der Waals surface area contributed by atoms with Gasteiger partial charge in [-0.1, -0.05) is 0 Å². The first kappa shape index (κ1) is 15.1. The highest BCUT2D eigenvalue weighted by molar-refractivity contribution is 5.79. The van der Waals surface area contributed by atoms with Gasteiger partial charge in [0.2, 0.25) is 5.91 Å². The van der Waals surface area contributed by atoms with Crippen LogP contribution in [0.25, 0.3) is 0 Å². The maximum atomic E-state index is 14.8. The maximum absolute atomic E-state index is 14.8. The number of rotatable bonds is 4. The van der Waals surface area contributed by atoms with Crippen LogP contribution in [0, 0.1) is 5.92 Å². The van der Waals surface area contributed by atoms with Crippen molar-refractivity contribution in [2.24, 2.45) is 5.92 Å². The van der Waals surface area contributed by atoms with E-state index in [-0.39, 0.29) is 18.4 Å². The molecule has 1 aromatic rings. The largest absolute Gasteiger partial charge is 0.381 e. The predicted octanol–water partition coefficient (Wildman–Crippen LogP) is 0.938. The van der Waals surface area contributed by atoms with E-state index in [0.29, 0.717) is 39.1 Å². The van der Waals surface area contributed by atoms with Gasteiger partial charge >= 0.3 is 0 Å². The summed E-state index contributed by atoms with van der Waals surface area (Å²) in [4.78, 5) is 22.0. The van der Waals surface area contributed by atoms with E-state index in [4.69, 9.17) is 4.74 Å². The average Bonchev–Trinajstić information content (AvgIpc) is 3.09. The zero-order valence-electron chi connectivity index (χ0n) is 12.5. The Bertz CT molecular complexity index is 500. The van der Waals surface area contributed by atoms with Crippen LogP contribution in [0.1, 0.15) is 19.3 Å². The molecule has 22 heavy (non-hydrogen) atoms. The molecule has 1 N–H and O–H groups in total. The van der Waals surface area contributed by atoms with Gasteiger partial charge in [-0.3, -0.25) is 4.79 Å². The third kappa shape index (κ3) is 3.52. The molecular formula is C15H21FN4O2. The number of nitrogens with one attached hydrogen (secondary N) is 1. The summed E-state index contributed by atoms with van der Waals surface area (Å²) in [5, 5.41) is 2.75. The molecular weight excluding hydrogens is 287 g/mol. The zero-order chi connectivity index (χ0) is 15.4. The van der Waals surface area contributed by atoms with E-state index in [0.717, 1.165) is 12.2 Å². The summed E-state index contributed by atoms with van der Waals surface area (Å²) in [6.07, 6.45) is 4.68. The Balaban J connectivity index is 1.48. The minimum atomic E-state index is -1.33. The van der Waals surface area contributed by atoms with Gasteiger partial charge in [0.05, 0.1) is 19.1 Å². The molecule has 0 aromatic carbocycles. The van der Waals surface area contributed by atoms with E-state index in [1.807, 2.05) is 11.0 Å². The first-order valence-corrected chi connectivity index (χ1v) is 7.72. The molecule has 0 radical (unpaired) electrons. The highest BCUT2D eigenvalue weighted by atomic mass is 19.1. The van der Waals surface area contributed by atoms with Crippen molar-refractivity contribution in [1.82, 2.24) is 15.3 Å². The van der Waals surface area contributed by atoms with E-state index in [1.54, 1.807) is 6.20 Å². The van der Waals surface area contributed by atoms with Crippen molar-refractivity contribution in [1.29, 1.82) is 0 Å². The number of carbonyl (C=O) groups is 1. The van der Waals surface area contributed by atoms with Crippen LogP contribution in [0.4, 0.5) is 10.2 Å². The van der Waals surface area contributed by atoms with Gasteiger partial charge in [0.1, 0.15) is 17.8 Å². The number of aromatic nitrogens is 2. The van der Waals surface area contributed by atoms with Gasteiger partial charge in [0.25, 0.3) is 0 Å². The van der Waals surface area contributed by atoms with E-state index in [1.165, 1.54) is 6.33 Å². The lowest BCUT2D eigenvalue weighted by molar-refractivity contribution is -0.125. The Morgan fingerprint density at radius 2 is 2.32 bits per heavy atom. The Morgan fingerprint density at radius 1 is 1.50 bits per heavy atom. The van der Waals surface area contributed by atoms with Crippen LogP contribution in [0.2, 0.25) is 0 Å². The molecule has 0 bridgehead atoms. The number of hydrogen-bond acceptors (Lipinski definition) is 5. The summed E-state index contributed by atoms with van der Waals surface area (Å²) < 4.78 is 20.0. The molecule has 1 amide bonds. The smallest absolute Gasteiger partial charge is 0.225 e. The first-order chi connectivity index (χ1) is 10.7. The quantitative estimate of drug-likeness (QED) is 0.896. The highest BCUT2D eigenvalue weighted by Gasteiger charge is 2.36. The number of nitrogens with zero attached hydrogens (tertiary/aromatic N) is 3. The number of halogens is 1. The number of anilines is 1. The highest BCUT2D eigenvalue weighted by Crippen LogP contribution is 2.28. The summed E-state index contributed by atoms with van der Waals surface area (Å²) in [6, 6.07) is 1.83. The number of alkyl halides is 1. The summed E-state index contributed by atoms with van der Waals surface area (Å²) in [6.45, 7) is 2.34. The molecule has 2 aliphatic rings. The molecule has 3 heterocycles. The van der Waals surface area contributed by atoms with Crippen molar-refractivity contribution in [3.05, 3.63) is 18.6 Å². The molecule has 0 spiro atoms. The summed E-state index contributed by atoms with van der Waals surface area (Å²) in [5.41, 5.74) is -1.33. The number of amides is 1. The van der Waals surface area contributed by atoms with Gasteiger partial charge < -0.3 is 15.0 Å². The molecule has 2 fully saturated rings. The topological polar surface area (TPSA) is 67.4 Å². The maximum Gasteiger partial charge on any atom is 0.225 e. The van der Waals surface area contributed by atoms with Crippen LogP contribution in [0.5, 0.6) is 0 Å². The second-order valence-electron chi connectivity index (χ2n) is 5.98. The van der Waals surface area contributed by atoms with Crippen molar-refractivity contribution in [3.8, 4) is 0 Å². The molecule has 120 valence electrons. The number of hydrogen-bond donors (Lipinski definition) is 1. The third-order valence-corrected chi connectivity index (χ3v) is 4.43. The molecule has 2 saturated heterocycles. The second kappa shape index (κ2) is 6.56. The Hall–Kier alpha value is -1.76. The normalized spacial score (nSPS) is 24.2. The predicted molar refractivity (Wildman–Crippen MR) is 79.3 cm³/mol. The SMILES string of the molecule is O=C(NCC1(F)CCN(c2ccncn2)CC1)C1CCOC1. The lowest BCUT2D eigenvalue weighted by Gasteiger charge is -2.37. The third-order valence-electron chi connectivity index (χ3n) is 4.43. The first-order valence-electron chi connectivity index (χ1n) is 7.72. The van der Waals surface area contributed by atoms with Crippen LogP contribution >= 0.6 is 0 Å². The molecule has 1 atom stereocenters. The van der Waals surface area contributed by atoms with Crippen LogP contribution in [0.15, 0.2) is 18.6 Å². The summed E-state index contributed by atoms with van der Waals surface area (Å²) >= 11 is 0. The molecule has 7 heteroatoms. The Kier molecular flexibility index (Phi) is 4.52. The van der Waals surface area contributed by atoms with Crippen LogP contribution < -0.4 is 10.2 Å². The summed E-state index contributed by atoms with van der Waals surface area (Å²) in [7, 11) is 0. The summed E-state index contributed by atoms with van der Waals surface area (Å²) in [5.74, 6) is 0.613. The van der Waals surface area contributed by atoms with Crippen LogP contribution in [0.3, 0.4) is 0 Å². The van der Waals surface area contributed by atoms with E-state index < -0.39 is 5.67 Å². The molecule has 1 aromatic heterocycles. The lowest BCUT2D eigenvalue weighted by Crippen LogP contribution is -2.49. The van der Waals surface area contributed by atoms with Gasteiger partial charge in [-0.15, -0.1) is 0 Å². The van der Waals surface area contributed by atoms with E-state index >= 15 is 0 Å². The van der Waals surface area contributed by atoms with Gasteiger partial charge in [0.15, 0.2) is 0 Å². The zero-order valence-corrected chi connectivity index (χ0v) is 12.5. The lowest BCUT2D eigenvalue weighted by atomic mass is 9.93.